The SMILES string of the molecule is O=C(CCc1cccc2c1B(O)OC2)NS(=O)(=O)C1CC1. The number of sulfonamides is 1. The van der Waals surface area contributed by atoms with E-state index in [2.05, 4.69) is 4.72 Å². The monoisotopic (exact) mass is 309 g/mol. The van der Waals surface area contributed by atoms with E-state index in [0.29, 0.717) is 31.3 Å². The van der Waals surface area contributed by atoms with Gasteiger partial charge in [0.15, 0.2) is 0 Å². The Kier molecular flexibility index (Phi) is 3.77. The van der Waals surface area contributed by atoms with Gasteiger partial charge in [0.2, 0.25) is 15.9 Å². The Bertz CT molecular complexity index is 671. The number of fused-ring (bicyclic) bond motifs is 1. The number of carbonyl (C=O) groups is 1. The second-order valence-electron chi connectivity index (χ2n) is 5.42. The van der Waals surface area contributed by atoms with Crippen molar-refractivity contribution in [2.24, 2.45) is 0 Å². The standard InChI is InChI=1S/C13H16BNO5S/c16-12(15-21(18,19)11-5-6-11)7-4-9-2-1-3-10-8-20-14(17)13(9)10/h1-3,11,17H,4-8H2,(H,15,16). The molecule has 8 heteroatoms. The Morgan fingerprint density at radius 1 is 1.43 bits per heavy atom. The molecule has 1 aliphatic heterocycles. The summed E-state index contributed by atoms with van der Waals surface area (Å²) in [5, 5.41) is 9.37. The van der Waals surface area contributed by atoms with Crippen LogP contribution in [0.4, 0.5) is 0 Å². The van der Waals surface area contributed by atoms with Crippen molar-refractivity contribution in [3.05, 3.63) is 29.3 Å². The zero-order chi connectivity index (χ0) is 15.0. The van der Waals surface area contributed by atoms with E-state index in [4.69, 9.17) is 4.65 Å². The Labute approximate surface area is 123 Å². The zero-order valence-electron chi connectivity index (χ0n) is 11.4. The van der Waals surface area contributed by atoms with Crippen molar-refractivity contribution < 1.29 is 22.9 Å². The van der Waals surface area contributed by atoms with E-state index < -0.39 is 28.3 Å². The topological polar surface area (TPSA) is 92.7 Å². The molecule has 1 aromatic carbocycles. The van der Waals surface area contributed by atoms with Gasteiger partial charge in [0.25, 0.3) is 0 Å². The lowest BCUT2D eigenvalue weighted by molar-refractivity contribution is -0.119. The predicted octanol–water partition coefficient (Wildman–Crippen LogP) is -0.555. The van der Waals surface area contributed by atoms with Crippen molar-refractivity contribution in [3.8, 4) is 0 Å². The molecular weight excluding hydrogens is 293 g/mol. The first-order valence-corrected chi connectivity index (χ1v) is 8.47. The lowest BCUT2D eigenvalue weighted by Gasteiger charge is -2.09. The van der Waals surface area contributed by atoms with Gasteiger partial charge < -0.3 is 9.68 Å². The molecule has 1 aromatic rings. The molecular formula is C13H16BNO5S. The molecule has 0 radical (unpaired) electrons. The van der Waals surface area contributed by atoms with Crippen LogP contribution in [0.1, 0.15) is 30.4 Å². The molecule has 0 aromatic heterocycles. The fourth-order valence-corrected chi connectivity index (χ4v) is 3.84. The van der Waals surface area contributed by atoms with E-state index >= 15 is 0 Å². The highest BCUT2D eigenvalue weighted by Gasteiger charge is 2.36. The zero-order valence-corrected chi connectivity index (χ0v) is 12.2. The van der Waals surface area contributed by atoms with Gasteiger partial charge in [-0.2, -0.15) is 0 Å². The molecule has 3 rings (SSSR count). The smallest absolute Gasteiger partial charge is 0.423 e. The number of nitrogens with one attached hydrogen (secondary N) is 1. The van der Waals surface area contributed by atoms with E-state index in [0.717, 1.165) is 11.1 Å². The maximum atomic E-state index is 11.8. The Balaban J connectivity index is 1.63. The van der Waals surface area contributed by atoms with Crippen LogP contribution in [0.2, 0.25) is 0 Å². The first-order chi connectivity index (χ1) is 9.97. The third-order valence-electron chi connectivity index (χ3n) is 3.77. The third-order valence-corrected chi connectivity index (χ3v) is 5.63. The minimum atomic E-state index is -3.49. The van der Waals surface area contributed by atoms with Gasteiger partial charge >= 0.3 is 7.12 Å². The molecule has 6 nitrogen and oxygen atoms in total. The molecule has 1 amide bonds. The van der Waals surface area contributed by atoms with Crippen LogP contribution in [-0.2, 0) is 32.5 Å². The van der Waals surface area contributed by atoms with Gasteiger partial charge in [0, 0.05) is 6.42 Å². The minimum Gasteiger partial charge on any atom is -0.423 e. The highest BCUT2D eigenvalue weighted by atomic mass is 32.2. The summed E-state index contributed by atoms with van der Waals surface area (Å²) in [6.07, 6.45) is 1.68. The van der Waals surface area contributed by atoms with Crippen LogP contribution in [0.5, 0.6) is 0 Å². The average molecular weight is 309 g/mol. The molecule has 21 heavy (non-hydrogen) atoms. The second-order valence-corrected chi connectivity index (χ2v) is 7.38. The molecule has 1 fully saturated rings. The van der Waals surface area contributed by atoms with Gasteiger partial charge in [-0.15, -0.1) is 0 Å². The van der Waals surface area contributed by atoms with E-state index in [-0.39, 0.29) is 6.42 Å². The molecule has 1 saturated carbocycles. The normalized spacial score (nSPS) is 17.7. The summed E-state index contributed by atoms with van der Waals surface area (Å²) in [4.78, 5) is 11.8. The number of aryl methyl sites for hydroxylation is 1. The van der Waals surface area contributed by atoms with Gasteiger partial charge in [0.05, 0.1) is 11.9 Å². The van der Waals surface area contributed by atoms with E-state index in [1.165, 1.54) is 0 Å². The number of carbonyl (C=O) groups excluding carboxylic acids is 1. The van der Waals surface area contributed by atoms with Crippen LogP contribution >= 0.6 is 0 Å². The maximum absolute atomic E-state index is 11.8. The Morgan fingerprint density at radius 3 is 2.90 bits per heavy atom. The Hall–Kier alpha value is -1.38. The first kappa shape index (κ1) is 14.6. The van der Waals surface area contributed by atoms with Crippen molar-refractivity contribution in [2.75, 3.05) is 0 Å². The number of hydrogen-bond acceptors (Lipinski definition) is 5. The van der Waals surface area contributed by atoms with Crippen LogP contribution < -0.4 is 10.2 Å². The second kappa shape index (κ2) is 5.44. The van der Waals surface area contributed by atoms with Crippen molar-refractivity contribution in [2.45, 2.75) is 37.5 Å². The van der Waals surface area contributed by atoms with E-state index in [1.807, 2.05) is 18.2 Å². The summed E-state index contributed by atoms with van der Waals surface area (Å²) >= 11 is 0. The van der Waals surface area contributed by atoms with Crippen molar-refractivity contribution >= 4 is 28.5 Å². The third kappa shape index (κ3) is 3.12. The molecule has 1 aliphatic carbocycles. The summed E-state index contributed by atoms with van der Waals surface area (Å²) in [6.45, 7) is 0.354. The molecule has 0 unspecified atom stereocenters. The molecule has 112 valence electrons. The maximum Gasteiger partial charge on any atom is 0.492 e. The fraction of sp³-hybridized carbons (Fsp3) is 0.462. The van der Waals surface area contributed by atoms with Gasteiger partial charge in [-0.05, 0) is 35.9 Å². The summed E-state index contributed by atoms with van der Waals surface area (Å²) in [5.74, 6) is -0.507. The fourth-order valence-electron chi connectivity index (χ4n) is 2.50. The van der Waals surface area contributed by atoms with Crippen molar-refractivity contribution in [1.82, 2.24) is 4.72 Å². The van der Waals surface area contributed by atoms with Gasteiger partial charge in [-0.3, -0.25) is 9.52 Å². The molecule has 0 atom stereocenters. The minimum absolute atomic E-state index is 0.0646. The van der Waals surface area contributed by atoms with Gasteiger partial charge in [0.1, 0.15) is 0 Å². The molecule has 0 bridgehead atoms. The van der Waals surface area contributed by atoms with Crippen molar-refractivity contribution in [3.63, 3.8) is 0 Å². The molecule has 0 saturated heterocycles. The summed E-state index contributed by atoms with van der Waals surface area (Å²) in [5.41, 5.74) is 2.43. The molecule has 1 heterocycles. The van der Waals surface area contributed by atoms with Crippen LogP contribution in [0.25, 0.3) is 0 Å². The molecule has 2 aliphatic rings. The number of benzene rings is 1. The number of hydrogen-bond donors (Lipinski definition) is 2. The van der Waals surface area contributed by atoms with Crippen LogP contribution in [0, 0.1) is 0 Å². The van der Waals surface area contributed by atoms with Gasteiger partial charge in [-0.1, -0.05) is 18.2 Å². The molecule has 2 N–H and O–H groups in total. The summed E-state index contributed by atoms with van der Waals surface area (Å²) < 4.78 is 30.6. The van der Waals surface area contributed by atoms with E-state index in [9.17, 15) is 18.2 Å². The summed E-state index contributed by atoms with van der Waals surface area (Å²) in [6, 6.07) is 5.53. The largest absolute Gasteiger partial charge is 0.492 e. The average Bonchev–Trinajstić information content (AvgIpc) is 3.22. The van der Waals surface area contributed by atoms with Crippen LogP contribution in [0.3, 0.4) is 0 Å². The van der Waals surface area contributed by atoms with Gasteiger partial charge in [-0.25, -0.2) is 8.42 Å². The quantitative estimate of drug-likeness (QED) is 0.712. The van der Waals surface area contributed by atoms with Crippen LogP contribution in [-0.4, -0.2) is 31.7 Å². The summed E-state index contributed by atoms with van der Waals surface area (Å²) in [7, 11) is -4.45. The Morgan fingerprint density at radius 2 is 2.19 bits per heavy atom. The van der Waals surface area contributed by atoms with E-state index in [1.54, 1.807) is 0 Å². The first-order valence-electron chi connectivity index (χ1n) is 6.92. The van der Waals surface area contributed by atoms with Crippen molar-refractivity contribution in [1.29, 1.82) is 0 Å². The lowest BCUT2D eigenvalue weighted by Crippen LogP contribution is -2.35. The highest BCUT2D eigenvalue weighted by molar-refractivity contribution is 7.90. The highest BCUT2D eigenvalue weighted by Crippen LogP contribution is 2.27. The van der Waals surface area contributed by atoms with Crippen LogP contribution in [0.15, 0.2) is 18.2 Å². The molecule has 0 spiro atoms. The number of rotatable bonds is 5. The lowest BCUT2D eigenvalue weighted by atomic mass is 9.75. The number of amides is 1. The predicted molar refractivity (Wildman–Crippen MR) is 77.2 cm³/mol.